The van der Waals surface area contributed by atoms with Crippen LogP contribution in [0.15, 0.2) is 12.1 Å². The van der Waals surface area contributed by atoms with Gasteiger partial charge in [-0.2, -0.15) is 0 Å². The van der Waals surface area contributed by atoms with Gasteiger partial charge in [-0.15, -0.1) is 0 Å². The zero-order valence-corrected chi connectivity index (χ0v) is 11.1. The van der Waals surface area contributed by atoms with Gasteiger partial charge in [0.15, 0.2) is 0 Å². The molecule has 0 unspecified atom stereocenters. The van der Waals surface area contributed by atoms with E-state index in [1.54, 1.807) is 0 Å². The molecule has 0 bridgehead atoms. The van der Waals surface area contributed by atoms with Gasteiger partial charge in [-0.05, 0) is 31.7 Å². The maximum Gasteiger partial charge on any atom is 0.0746 e. The maximum atomic E-state index is 6.26. The number of likely N-dealkylation sites (N-methyl/N-ethyl adjacent to an activating group) is 1. The number of rotatable bonds is 1. The van der Waals surface area contributed by atoms with Gasteiger partial charge in [0.05, 0.1) is 15.7 Å². The van der Waals surface area contributed by atoms with E-state index in [0.717, 1.165) is 47.5 Å². The van der Waals surface area contributed by atoms with E-state index >= 15 is 0 Å². The molecule has 1 fully saturated rings. The van der Waals surface area contributed by atoms with Gasteiger partial charge in [0.1, 0.15) is 0 Å². The van der Waals surface area contributed by atoms with Crippen LogP contribution in [0.2, 0.25) is 10.0 Å². The third kappa shape index (κ3) is 2.45. The summed E-state index contributed by atoms with van der Waals surface area (Å²) in [5.74, 6) is 0. The Balaban J connectivity index is 2.26. The van der Waals surface area contributed by atoms with Crippen LogP contribution < -0.4 is 4.90 Å². The van der Waals surface area contributed by atoms with Crippen molar-refractivity contribution in [2.75, 3.05) is 38.1 Å². The Morgan fingerprint density at radius 1 is 1.00 bits per heavy atom. The minimum absolute atomic E-state index is 0.759. The first-order chi connectivity index (χ1) is 7.58. The number of aryl methyl sites for hydroxylation is 1. The summed E-state index contributed by atoms with van der Waals surface area (Å²) in [6.45, 7) is 6.09. The van der Waals surface area contributed by atoms with Crippen molar-refractivity contribution in [3.05, 3.63) is 27.7 Å². The average Bonchev–Trinajstić information content (AvgIpc) is 2.19. The highest BCUT2D eigenvalue weighted by Gasteiger charge is 2.19. The van der Waals surface area contributed by atoms with Crippen molar-refractivity contribution >= 4 is 28.9 Å². The Labute approximate surface area is 107 Å². The molecule has 2 nitrogen and oxygen atoms in total. The summed E-state index contributed by atoms with van der Waals surface area (Å²) in [5.41, 5.74) is 2.09. The molecule has 0 radical (unpaired) electrons. The first kappa shape index (κ1) is 12.0. The molecule has 0 atom stereocenters. The van der Waals surface area contributed by atoms with Gasteiger partial charge in [-0.1, -0.05) is 23.2 Å². The Morgan fingerprint density at radius 3 is 2.00 bits per heavy atom. The fourth-order valence-corrected chi connectivity index (χ4v) is 2.86. The topological polar surface area (TPSA) is 6.48 Å². The standard InChI is InChI=1S/C12H16Cl2N2/c1-9-7-10(13)12(11(14)8-9)16-5-3-15(2)4-6-16/h7-8H,3-6H2,1-2H3. The lowest BCUT2D eigenvalue weighted by Crippen LogP contribution is -2.44. The lowest BCUT2D eigenvalue weighted by molar-refractivity contribution is 0.313. The number of benzene rings is 1. The number of piperazine rings is 1. The molecule has 1 aliphatic rings. The van der Waals surface area contributed by atoms with Gasteiger partial charge in [0, 0.05) is 26.2 Å². The SMILES string of the molecule is Cc1cc(Cl)c(N2CCN(C)CC2)c(Cl)c1. The molecule has 0 N–H and O–H groups in total. The van der Waals surface area contributed by atoms with Crippen molar-refractivity contribution in [3.8, 4) is 0 Å². The molecule has 1 aromatic carbocycles. The van der Waals surface area contributed by atoms with Crippen molar-refractivity contribution in [3.63, 3.8) is 0 Å². The molecule has 0 saturated carbocycles. The molecule has 88 valence electrons. The normalized spacial score (nSPS) is 17.9. The van der Waals surface area contributed by atoms with Crippen LogP contribution in [0.25, 0.3) is 0 Å². The predicted molar refractivity (Wildman–Crippen MR) is 70.9 cm³/mol. The quantitative estimate of drug-likeness (QED) is 0.764. The highest BCUT2D eigenvalue weighted by molar-refractivity contribution is 6.39. The summed E-state index contributed by atoms with van der Waals surface area (Å²) in [7, 11) is 2.13. The number of anilines is 1. The molecule has 4 heteroatoms. The van der Waals surface area contributed by atoms with Crippen LogP contribution in [0.4, 0.5) is 5.69 Å². The maximum absolute atomic E-state index is 6.26. The van der Waals surface area contributed by atoms with Gasteiger partial charge in [-0.3, -0.25) is 0 Å². The molecule has 1 aliphatic heterocycles. The molecule has 16 heavy (non-hydrogen) atoms. The molecule has 0 aromatic heterocycles. The van der Waals surface area contributed by atoms with E-state index in [0.29, 0.717) is 0 Å². The van der Waals surface area contributed by atoms with Gasteiger partial charge in [-0.25, -0.2) is 0 Å². The smallest absolute Gasteiger partial charge is 0.0746 e. The van der Waals surface area contributed by atoms with Crippen LogP contribution in [-0.2, 0) is 0 Å². The molecule has 0 aliphatic carbocycles. The molecule has 0 spiro atoms. The van der Waals surface area contributed by atoms with Gasteiger partial charge >= 0.3 is 0 Å². The van der Waals surface area contributed by atoms with Crippen molar-refractivity contribution in [2.45, 2.75) is 6.92 Å². The van der Waals surface area contributed by atoms with E-state index in [1.807, 2.05) is 19.1 Å². The third-order valence-electron chi connectivity index (χ3n) is 2.98. The zero-order valence-electron chi connectivity index (χ0n) is 9.63. The van der Waals surface area contributed by atoms with Crippen molar-refractivity contribution in [1.82, 2.24) is 4.90 Å². The van der Waals surface area contributed by atoms with Crippen LogP contribution in [0.1, 0.15) is 5.56 Å². The summed E-state index contributed by atoms with van der Waals surface area (Å²) < 4.78 is 0. The van der Waals surface area contributed by atoms with Crippen LogP contribution in [-0.4, -0.2) is 38.1 Å². The third-order valence-corrected chi connectivity index (χ3v) is 3.56. The van der Waals surface area contributed by atoms with Gasteiger partial charge < -0.3 is 9.80 Å². The second-order valence-electron chi connectivity index (χ2n) is 4.37. The van der Waals surface area contributed by atoms with Crippen LogP contribution in [0.3, 0.4) is 0 Å². The minimum Gasteiger partial charge on any atom is -0.367 e. The number of hydrogen-bond donors (Lipinski definition) is 0. The first-order valence-electron chi connectivity index (χ1n) is 5.47. The van der Waals surface area contributed by atoms with Gasteiger partial charge in [0.25, 0.3) is 0 Å². The Hall–Kier alpha value is -0.440. The molecule has 2 rings (SSSR count). The van der Waals surface area contributed by atoms with E-state index in [4.69, 9.17) is 23.2 Å². The predicted octanol–water partition coefficient (Wildman–Crippen LogP) is 3.05. The zero-order chi connectivity index (χ0) is 11.7. The second kappa shape index (κ2) is 4.82. The molecular weight excluding hydrogens is 243 g/mol. The summed E-state index contributed by atoms with van der Waals surface area (Å²) >= 11 is 12.5. The first-order valence-corrected chi connectivity index (χ1v) is 6.22. The minimum atomic E-state index is 0.759. The van der Waals surface area contributed by atoms with Gasteiger partial charge in [0.2, 0.25) is 0 Å². The molecule has 1 heterocycles. The van der Waals surface area contributed by atoms with Crippen molar-refractivity contribution < 1.29 is 0 Å². The van der Waals surface area contributed by atoms with E-state index in [1.165, 1.54) is 0 Å². The molecule has 1 aromatic rings. The number of nitrogens with zero attached hydrogens (tertiary/aromatic N) is 2. The lowest BCUT2D eigenvalue weighted by Gasteiger charge is -2.35. The summed E-state index contributed by atoms with van der Waals surface area (Å²) in [4.78, 5) is 4.58. The fraction of sp³-hybridized carbons (Fsp3) is 0.500. The van der Waals surface area contributed by atoms with E-state index in [2.05, 4.69) is 16.8 Å². The monoisotopic (exact) mass is 258 g/mol. The molecule has 1 saturated heterocycles. The largest absolute Gasteiger partial charge is 0.367 e. The average molecular weight is 259 g/mol. The van der Waals surface area contributed by atoms with E-state index in [9.17, 15) is 0 Å². The van der Waals surface area contributed by atoms with Crippen molar-refractivity contribution in [2.24, 2.45) is 0 Å². The lowest BCUT2D eigenvalue weighted by atomic mass is 10.2. The Morgan fingerprint density at radius 2 is 1.50 bits per heavy atom. The van der Waals surface area contributed by atoms with E-state index in [-0.39, 0.29) is 0 Å². The second-order valence-corrected chi connectivity index (χ2v) is 5.18. The Bertz CT molecular complexity index is 362. The molecular formula is C12H16Cl2N2. The van der Waals surface area contributed by atoms with Crippen LogP contribution in [0.5, 0.6) is 0 Å². The summed E-state index contributed by atoms with van der Waals surface area (Å²) in [5, 5.41) is 1.52. The highest BCUT2D eigenvalue weighted by atomic mass is 35.5. The number of halogens is 2. The highest BCUT2D eigenvalue weighted by Crippen LogP contribution is 2.35. The number of hydrogen-bond acceptors (Lipinski definition) is 2. The summed E-state index contributed by atoms with van der Waals surface area (Å²) in [6, 6.07) is 3.95. The van der Waals surface area contributed by atoms with Crippen molar-refractivity contribution in [1.29, 1.82) is 0 Å². The molecule has 0 amide bonds. The summed E-state index contributed by atoms with van der Waals surface area (Å²) in [6.07, 6.45) is 0. The fourth-order valence-electron chi connectivity index (χ4n) is 2.02. The van der Waals surface area contributed by atoms with Crippen LogP contribution in [0, 0.1) is 6.92 Å². The van der Waals surface area contributed by atoms with Crippen LogP contribution >= 0.6 is 23.2 Å². The van der Waals surface area contributed by atoms with E-state index < -0.39 is 0 Å². The Kier molecular flexibility index (Phi) is 3.63.